The number of rotatable bonds is 5. The molecule has 0 spiro atoms. The van der Waals surface area contributed by atoms with E-state index in [1.54, 1.807) is 0 Å². The quantitative estimate of drug-likeness (QED) is 0.704. The molecule has 0 aromatic heterocycles. The molecule has 0 aromatic rings. The Hall–Kier alpha value is -0.180. The fraction of sp³-hybridized carbons (Fsp3) is 1.00. The van der Waals surface area contributed by atoms with Crippen LogP contribution in [-0.2, 0) is 0 Å². The Morgan fingerprint density at radius 1 is 1.31 bits per heavy atom. The lowest BCUT2D eigenvalue weighted by atomic mass is 9.98. The normalized spacial score (nSPS) is 21.2. The smallest absolute Gasteiger partial charge is 0.253 e. The van der Waals surface area contributed by atoms with Gasteiger partial charge in [-0.1, -0.05) is 19.8 Å². The first-order valence-electron chi connectivity index (χ1n) is 5.27. The van der Waals surface area contributed by atoms with Crippen molar-refractivity contribution in [1.82, 2.24) is 5.32 Å². The summed E-state index contributed by atoms with van der Waals surface area (Å²) >= 11 is 0. The van der Waals surface area contributed by atoms with Crippen LogP contribution >= 0.6 is 0 Å². The highest BCUT2D eigenvalue weighted by Gasteiger charge is 2.30. The highest BCUT2D eigenvalue weighted by Crippen LogP contribution is 2.30. The maximum atomic E-state index is 12.6. The van der Waals surface area contributed by atoms with Gasteiger partial charge in [0.2, 0.25) is 0 Å². The van der Waals surface area contributed by atoms with Crippen molar-refractivity contribution in [3.8, 4) is 0 Å². The Bertz CT molecular complexity index is 133. The van der Waals surface area contributed by atoms with E-state index < -0.39 is 12.5 Å². The number of alkyl halides is 2. The van der Waals surface area contributed by atoms with Crippen LogP contribution in [0.25, 0.3) is 0 Å². The molecule has 1 nitrogen and oxygen atoms in total. The van der Waals surface area contributed by atoms with Crippen LogP contribution in [0.15, 0.2) is 0 Å². The molecule has 0 saturated heterocycles. The van der Waals surface area contributed by atoms with Crippen molar-refractivity contribution in [2.24, 2.45) is 5.92 Å². The van der Waals surface area contributed by atoms with Gasteiger partial charge in [0.05, 0.1) is 6.04 Å². The van der Waals surface area contributed by atoms with E-state index in [1.165, 1.54) is 0 Å². The minimum Gasteiger partial charge on any atom is -0.309 e. The minimum absolute atomic E-state index is 0.214. The molecule has 0 radical (unpaired) electrons. The van der Waals surface area contributed by atoms with Gasteiger partial charge in [-0.3, -0.25) is 0 Å². The molecule has 0 aliphatic heterocycles. The van der Waals surface area contributed by atoms with E-state index in [2.05, 4.69) is 5.32 Å². The number of hydrogen-bond acceptors (Lipinski definition) is 1. The van der Waals surface area contributed by atoms with E-state index in [9.17, 15) is 8.78 Å². The van der Waals surface area contributed by atoms with E-state index in [4.69, 9.17) is 0 Å². The first kappa shape index (κ1) is 10.9. The van der Waals surface area contributed by atoms with Crippen molar-refractivity contribution in [1.29, 1.82) is 0 Å². The summed E-state index contributed by atoms with van der Waals surface area (Å²) in [7, 11) is 0. The standard InChI is InChI=1S/C10H19F2N/c1-2-7-13-9(10(11)12)8-5-3-4-6-8/h8-10,13H,2-7H2,1H3. The van der Waals surface area contributed by atoms with Crippen LogP contribution in [0, 0.1) is 5.92 Å². The molecule has 1 saturated carbocycles. The molecular weight excluding hydrogens is 172 g/mol. The zero-order valence-electron chi connectivity index (χ0n) is 8.23. The Morgan fingerprint density at radius 3 is 2.38 bits per heavy atom. The third-order valence-electron chi connectivity index (χ3n) is 2.81. The maximum absolute atomic E-state index is 12.6. The summed E-state index contributed by atoms with van der Waals surface area (Å²) in [5.74, 6) is 0.214. The van der Waals surface area contributed by atoms with Crippen LogP contribution in [0.5, 0.6) is 0 Å². The van der Waals surface area contributed by atoms with Crippen molar-refractivity contribution in [2.75, 3.05) is 6.54 Å². The Kier molecular flexibility index (Phi) is 4.64. The minimum atomic E-state index is -2.20. The van der Waals surface area contributed by atoms with Gasteiger partial charge >= 0.3 is 0 Å². The van der Waals surface area contributed by atoms with Crippen LogP contribution in [0.4, 0.5) is 8.78 Å². The molecule has 1 unspecified atom stereocenters. The van der Waals surface area contributed by atoms with Gasteiger partial charge in [0.25, 0.3) is 6.43 Å². The molecular formula is C10H19F2N. The summed E-state index contributed by atoms with van der Waals surface area (Å²) in [5, 5.41) is 2.96. The lowest BCUT2D eigenvalue weighted by Gasteiger charge is -2.23. The van der Waals surface area contributed by atoms with Gasteiger partial charge in [-0.2, -0.15) is 0 Å². The first-order valence-corrected chi connectivity index (χ1v) is 5.27. The van der Waals surface area contributed by atoms with Crippen molar-refractivity contribution < 1.29 is 8.78 Å². The SMILES string of the molecule is CCCNC(C(F)F)C1CCCC1. The van der Waals surface area contributed by atoms with Crippen molar-refractivity contribution in [3.05, 3.63) is 0 Å². The molecule has 0 heterocycles. The van der Waals surface area contributed by atoms with Gasteiger partial charge in [-0.05, 0) is 31.7 Å². The predicted octanol–water partition coefficient (Wildman–Crippen LogP) is 2.81. The van der Waals surface area contributed by atoms with Gasteiger partial charge in [0, 0.05) is 0 Å². The topological polar surface area (TPSA) is 12.0 Å². The van der Waals surface area contributed by atoms with Crippen molar-refractivity contribution >= 4 is 0 Å². The van der Waals surface area contributed by atoms with Crippen LogP contribution in [0.3, 0.4) is 0 Å². The van der Waals surface area contributed by atoms with E-state index in [0.29, 0.717) is 6.54 Å². The fourth-order valence-electron chi connectivity index (χ4n) is 2.09. The number of halogens is 2. The third kappa shape index (κ3) is 3.22. The summed E-state index contributed by atoms with van der Waals surface area (Å²) < 4.78 is 25.2. The lowest BCUT2D eigenvalue weighted by molar-refractivity contribution is 0.0701. The average Bonchev–Trinajstić information content (AvgIpc) is 2.57. The monoisotopic (exact) mass is 191 g/mol. The zero-order chi connectivity index (χ0) is 9.68. The summed E-state index contributed by atoms with van der Waals surface area (Å²) in [5.41, 5.74) is 0. The van der Waals surface area contributed by atoms with E-state index in [0.717, 1.165) is 32.1 Å². The molecule has 3 heteroatoms. The summed E-state index contributed by atoms with van der Waals surface area (Å²) in [6.07, 6.45) is 2.94. The van der Waals surface area contributed by atoms with Gasteiger partial charge in [-0.15, -0.1) is 0 Å². The molecule has 1 atom stereocenters. The Morgan fingerprint density at radius 2 is 1.92 bits per heavy atom. The molecule has 0 amide bonds. The van der Waals surface area contributed by atoms with Gasteiger partial charge < -0.3 is 5.32 Å². The van der Waals surface area contributed by atoms with Gasteiger partial charge in [-0.25, -0.2) is 8.78 Å². The van der Waals surface area contributed by atoms with E-state index >= 15 is 0 Å². The second-order valence-electron chi connectivity index (χ2n) is 3.86. The molecule has 13 heavy (non-hydrogen) atoms. The molecule has 78 valence electrons. The van der Waals surface area contributed by atoms with Crippen LogP contribution in [0.2, 0.25) is 0 Å². The molecule has 0 bridgehead atoms. The van der Waals surface area contributed by atoms with E-state index in [1.807, 2.05) is 6.92 Å². The summed E-state index contributed by atoms with van der Waals surface area (Å²) in [6, 6.07) is -0.553. The second-order valence-corrected chi connectivity index (χ2v) is 3.86. The molecule has 1 aliphatic rings. The largest absolute Gasteiger partial charge is 0.309 e. The zero-order valence-corrected chi connectivity index (χ0v) is 8.23. The van der Waals surface area contributed by atoms with Gasteiger partial charge in [0.15, 0.2) is 0 Å². The molecule has 1 aliphatic carbocycles. The third-order valence-corrected chi connectivity index (χ3v) is 2.81. The van der Waals surface area contributed by atoms with Crippen LogP contribution < -0.4 is 5.32 Å². The molecule has 0 aromatic carbocycles. The highest BCUT2D eigenvalue weighted by atomic mass is 19.3. The van der Waals surface area contributed by atoms with Crippen LogP contribution in [0.1, 0.15) is 39.0 Å². The Balaban J connectivity index is 2.36. The summed E-state index contributed by atoms with van der Waals surface area (Å²) in [4.78, 5) is 0. The molecule has 1 N–H and O–H groups in total. The second kappa shape index (κ2) is 5.53. The average molecular weight is 191 g/mol. The summed E-state index contributed by atoms with van der Waals surface area (Å²) in [6.45, 7) is 2.72. The van der Waals surface area contributed by atoms with Crippen LogP contribution in [-0.4, -0.2) is 19.0 Å². The maximum Gasteiger partial charge on any atom is 0.253 e. The van der Waals surface area contributed by atoms with Gasteiger partial charge in [0.1, 0.15) is 0 Å². The van der Waals surface area contributed by atoms with E-state index in [-0.39, 0.29) is 5.92 Å². The predicted molar refractivity (Wildman–Crippen MR) is 50.0 cm³/mol. The van der Waals surface area contributed by atoms with Crippen molar-refractivity contribution in [3.63, 3.8) is 0 Å². The highest BCUT2D eigenvalue weighted by molar-refractivity contribution is 4.82. The molecule has 1 rings (SSSR count). The number of nitrogens with one attached hydrogen (secondary N) is 1. The molecule has 1 fully saturated rings. The lowest BCUT2D eigenvalue weighted by Crippen LogP contribution is -2.41. The van der Waals surface area contributed by atoms with Crippen molar-refractivity contribution in [2.45, 2.75) is 51.5 Å². The number of hydrogen-bond donors (Lipinski definition) is 1. The fourth-order valence-corrected chi connectivity index (χ4v) is 2.09. The first-order chi connectivity index (χ1) is 6.25. The Labute approximate surface area is 78.9 Å².